The Morgan fingerprint density at radius 1 is 1.08 bits per heavy atom. The number of benzene rings is 2. The molecule has 1 heterocycles. The zero-order valence-corrected chi connectivity index (χ0v) is 15.4. The lowest BCUT2D eigenvalue weighted by Crippen LogP contribution is -2.43. The molecular formula is C20H28ClNO2. The third kappa shape index (κ3) is 5.50. The molecule has 1 fully saturated rings. The number of likely N-dealkylation sites (tertiary alicyclic amines) is 1. The maximum Gasteiger partial charge on any atom is 0.320 e. The summed E-state index contributed by atoms with van der Waals surface area (Å²) in [5.74, 6) is -0.667. The van der Waals surface area contributed by atoms with Crippen molar-refractivity contribution >= 4 is 29.1 Å². The number of piperidine rings is 1. The minimum Gasteiger partial charge on any atom is -0.480 e. The number of rotatable bonds is 3. The van der Waals surface area contributed by atoms with Gasteiger partial charge in [-0.3, -0.25) is 9.69 Å². The lowest BCUT2D eigenvalue weighted by Gasteiger charge is -2.31. The van der Waals surface area contributed by atoms with Crippen molar-refractivity contribution in [2.45, 2.75) is 45.6 Å². The van der Waals surface area contributed by atoms with Crippen LogP contribution >= 0.6 is 12.4 Å². The van der Waals surface area contributed by atoms with Crippen LogP contribution in [-0.2, 0) is 4.79 Å². The predicted molar refractivity (Wildman–Crippen MR) is 103 cm³/mol. The second-order valence-electron chi connectivity index (χ2n) is 6.15. The van der Waals surface area contributed by atoms with E-state index in [1.165, 1.54) is 22.8 Å². The van der Waals surface area contributed by atoms with Crippen LogP contribution in [0.25, 0.3) is 10.8 Å². The number of nitrogens with zero attached hydrogens (tertiary/aromatic N) is 1. The summed E-state index contributed by atoms with van der Waals surface area (Å²) in [5.41, 5.74) is 1.35. The first-order valence-corrected chi connectivity index (χ1v) is 8.54. The van der Waals surface area contributed by atoms with Gasteiger partial charge in [0.25, 0.3) is 0 Å². The molecule has 0 bridgehead atoms. The van der Waals surface area contributed by atoms with E-state index in [9.17, 15) is 4.79 Å². The van der Waals surface area contributed by atoms with Crippen molar-refractivity contribution in [3.8, 4) is 0 Å². The highest BCUT2D eigenvalue weighted by Crippen LogP contribution is 2.16. The van der Waals surface area contributed by atoms with Gasteiger partial charge in [0, 0.05) is 0 Å². The maximum absolute atomic E-state index is 10.8. The van der Waals surface area contributed by atoms with Gasteiger partial charge in [-0.2, -0.15) is 0 Å². The Hall–Kier alpha value is -1.58. The van der Waals surface area contributed by atoms with Crippen LogP contribution in [0.5, 0.6) is 0 Å². The summed E-state index contributed by atoms with van der Waals surface area (Å²) in [7, 11) is 0. The number of carboxylic acid groups (broad SMARTS) is 1. The second kappa shape index (κ2) is 10.3. The van der Waals surface area contributed by atoms with Crippen molar-refractivity contribution in [2.75, 3.05) is 13.1 Å². The van der Waals surface area contributed by atoms with Gasteiger partial charge in [-0.25, -0.2) is 0 Å². The molecule has 1 N–H and O–H groups in total. The lowest BCUT2D eigenvalue weighted by atomic mass is 10.1. The highest BCUT2D eigenvalue weighted by atomic mass is 35.5. The zero-order valence-electron chi connectivity index (χ0n) is 14.6. The van der Waals surface area contributed by atoms with Gasteiger partial charge in [-0.05, 0) is 55.6 Å². The van der Waals surface area contributed by atoms with Crippen LogP contribution in [0.15, 0.2) is 42.5 Å². The molecule has 1 aliphatic rings. The molecule has 1 atom stereocenters. The van der Waals surface area contributed by atoms with E-state index in [0.29, 0.717) is 0 Å². The first-order valence-electron chi connectivity index (χ1n) is 8.54. The summed E-state index contributed by atoms with van der Waals surface area (Å²) < 4.78 is 0. The zero-order chi connectivity index (χ0) is 16.7. The standard InChI is InChI=1S/C11H10.C9H17NO2.ClH/c1-9-5-4-7-10-6-2-3-8-11(9)10;1-2-8(9(11)12)10-6-4-3-5-7-10;/h2-8H,1H3;8H,2-7H2,1H3,(H,11,12);1H. The molecule has 0 aliphatic carbocycles. The first-order chi connectivity index (χ1) is 11.1. The summed E-state index contributed by atoms with van der Waals surface area (Å²) in [6.07, 6.45) is 4.29. The van der Waals surface area contributed by atoms with Gasteiger partial charge in [-0.1, -0.05) is 55.8 Å². The average Bonchev–Trinajstić information content (AvgIpc) is 2.57. The smallest absolute Gasteiger partial charge is 0.320 e. The molecule has 24 heavy (non-hydrogen) atoms. The van der Waals surface area contributed by atoms with E-state index in [0.717, 1.165) is 32.4 Å². The fourth-order valence-electron chi connectivity index (χ4n) is 3.21. The summed E-state index contributed by atoms with van der Waals surface area (Å²) in [5, 5.41) is 11.6. The Balaban J connectivity index is 0.000000231. The van der Waals surface area contributed by atoms with Crippen molar-refractivity contribution in [2.24, 2.45) is 0 Å². The number of halogens is 1. The quantitative estimate of drug-likeness (QED) is 0.856. The molecule has 0 spiro atoms. The topological polar surface area (TPSA) is 40.5 Å². The van der Waals surface area contributed by atoms with Crippen molar-refractivity contribution in [3.05, 3.63) is 48.0 Å². The number of carboxylic acids is 1. The van der Waals surface area contributed by atoms with E-state index in [1.807, 2.05) is 6.92 Å². The molecule has 4 heteroatoms. The molecule has 132 valence electrons. The van der Waals surface area contributed by atoms with Crippen LogP contribution in [0.1, 0.15) is 38.2 Å². The van der Waals surface area contributed by atoms with Crippen molar-refractivity contribution in [1.29, 1.82) is 0 Å². The second-order valence-corrected chi connectivity index (χ2v) is 6.15. The number of aliphatic carboxylic acids is 1. The van der Waals surface area contributed by atoms with Gasteiger partial charge in [-0.15, -0.1) is 12.4 Å². The average molecular weight is 350 g/mol. The highest BCUT2D eigenvalue weighted by molar-refractivity contribution is 5.85. The normalized spacial score (nSPS) is 15.8. The molecule has 3 nitrogen and oxygen atoms in total. The summed E-state index contributed by atoms with van der Waals surface area (Å²) in [6.45, 7) is 6.01. The van der Waals surface area contributed by atoms with E-state index < -0.39 is 5.97 Å². The number of hydrogen-bond donors (Lipinski definition) is 1. The van der Waals surface area contributed by atoms with Gasteiger partial charge in [0.1, 0.15) is 6.04 Å². The molecule has 0 radical (unpaired) electrons. The van der Waals surface area contributed by atoms with Crippen molar-refractivity contribution in [3.63, 3.8) is 0 Å². The summed E-state index contributed by atoms with van der Waals surface area (Å²) in [4.78, 5) is 12.9. The Kier molecular flexibility index (Phi) is 8.80. The highest BCUT2D eigenvalue weighted by Gasteiger charge is 2.24. The molecule has 2 aromatic carbocycles. The predicted octanol–water partition coefficient (Wildman–Crippen LogP) is 4.91. The third-order valence-electron chi connectivity index (χ3n) is 4.51. The largest absolute Gasteiger partial charge is 0.480 e. The van der Waals surface area contributed by atoms with Gasteiger partial charge in [0.15, 0.2) is 0 Å². The molecule has 1 saturated heterocycles. The first kappa shape index (κ1) is 20.5. The molecule has 2 aromatic rings. The molecule has 1 unspecified atom stereocenters. The van der Waals surface area contributed by atoms with Gasteiger partial charge in [0.2, 0.25) is 0 Å². The van der Waals surface area contributed by atoms with E-state index >= 15 is 0 Å². The van der Waals surface area contributed by atoms with E-state index in [2.05, 4.69) is 54.3 Å². The Labute approximate surface area is 151 Å². The Bertz CT molecular complexity index is 633. The molecule has 1 aliphatic heterocycles. The van der Waals surface area contributed by atoms with E-state index in [-0.39, 0.29) is 18.4 Å². The van der Waals surface area contributed by atoms with Crippen LogP contribution in [0.3, 0.4) is 0 Å². The minimum absolute atomic E-state index is 0. The molecule has 0 saturated carbocycles. The molecular weight excluding hydrogens is 322 g/mol. The van der Waals surface area contributed by atoms with Gasteiger partial charge in [0.05, 0.1) is 0 Å². The Morgan fingerprint density at radius 3 is 2.29 bits per heavy atom. The summed E-state index contributed by atoms with van der Waals surface area (Å²) >= 11 is 0. The van der Waals surface area contributed by atoms with Crippen LogP contribution in [0.4, 0.5) is 0 Å². The monoisotopic (exact) mass is 349 g/mol. The van der Waals surface area contributed by atoms with Crippen molar-refractivity contribution < 1.29 is 9.90 Å². The van der Waals surface area contributed by atoms with Crippen molar-refractivity contribution in [1.82, 2.24) is 4.90 Å². The van der Waals surface area contributed by atoms with Crippen LogP contribution in [0, 0.1) is 6.92 Å². The van der Waals surface area contributed by atoms with Gasteiger partial charge >= 0.3 is 5.97 Å². The SMILES string of the molecule is CCC(C(=O)O)N1CCCCC1.Cc1cccc2ccccc12.Cl. The minimum atomic E-state index is -0.667. The number of hydrogen-bond acceptors (Lipinski definition) is 2. The van der Waals surface area contributed by atoms with Crippen LogP contribution in [0.2, 0.25) is 0 Å². The molecule has 3 rings (SSSR count). The molecule has 0 aromatic heterocycles. The fraction of sp³-hybridized carbons (Fsp3) is 0.450. The van der Waals surface area contributed by atoms with E-state index in [4.69, 9.17) is 5.11 Å². The fourth-order valence-corrected chi connectivity index (χ4v) is 3.21. The third-order valence-corrected chi connectivity index (χ3v) is 4.51. The summed E-state index contributed by atoms with van der Waals surface area (Å²) in [6, 6.07) is 14.6. The maximum atomic E-state index is 10.8. The number of carbonyl (C=O) groups is 1. The van der Waals surface area contributed by atoms with Gasteiger partial charge < -0.3 is 5.11 Å². The lowest BCUT2D eigenvalue weighted by molar-refractivity contribution is -0.143. The van der Waals surface area contributed by atoms with Crippen LogP contribution in [-0.4, -0.2) is 35.1 Å². The number of fused-ring (bicyclic) bond motifs is 1. The number of aryl methyl sites for hydroxylation is 1. The van der Waals surface area contributed by atoms with Crippen LogP contribution < -0.4 is 0 Å². The molecule has 0 amide bonds. The Morgan fingerprint density at radius 2 is 1.71 bits per heavy atom. The van der Waals surface area contributed by atoms with E-state index in [1.54, 1.807) is 0 Å².